The van der Waals surface area contributed by atoms with Crippen LogP contribution in [0.3, 0.4) is 0 Å². The third-order valence-electron chi connectivity index (χ3n) is 5.24. The first-order valence-corrected chi connectivity index (χ1v) is 10.0. The number of rotatable bonds is 16. The van der Waals surface area contributed by atoms with E-state index in [9.17, 15) is 29.1 Å². The number of hydrogen-bond donors (Lipinski definition) is 1. The van der Waals surface area contributed by atoms with E-state index in [1.807, 2.05) is 13.8 Å². The van der Waals surface area contributed by atoms with Crippen molar-refractivity contribution in [2.24, 2.45) is 29.6 Å². The maximum Gasteiger partial charge on any atom is 0.316 e. The van der Waals surface area contributed by atoms with Crippen LogP contribution in [-0.2, 0) is 33.4 Å². The first kappa shape index (κ1) is 26.9. The van der Waals surface area contributed by atoms with Crippen LogP contribution in [0.25, 0.3) is 0 Å². The van der Waals surface area contributed by atoms with Gasteiger partial charge < -0.3 is 19.4 Å². The number of carbonyl (C=O) groups excluding carboxylic acids is 5. The molecule has 0 heterocycles. The molecular formula is C21H34O8. The molecule has 166 valence electrons. The minimum absolute atomic E-state index is 0.0426. The van der Waals surface area contributed by atoms with Crippen molar-refractivity contribution in [3.05, 3.63) is 0 Å². The molecule has 0 rings (SSSR count). The summed E-state index contributed by atoms with van der Waals surface area (Å²) in [5, 5.41) is 10.4. The maximum absolute atomic E-state index is 12.5. The highest BCUT2D eigenvalue weighted by molar-refractivity contribution is 5.99. The summed E-state index contributed by atoms with van der Waals surface area (Å²) in [6.07, 6.45) is 0.938. The highest BCUT2D eigenvalue weighted by Gasteiger charge is 2.34. The van der Waals surface area contributed by atoms with Gasteiger partial charge in [0.2, 0.25) is 0 Å². The summed E-state index contributed by atoms with van der Waals surface area (Å²) in [6.45, 7) is 8.00. The van der Waals surface area contributed by atoms with Gasteiger partial charge in [-0.15, -0.1) is 0 Å². The molecule has 29 heavy (non-hydrogen) atoms. The molecule has 1 N–H and O–H groups in total. The largest absolute Gasteiger partial charge is 0.467 e. The summed E-state index contributed by atoms with van der Waals surface area (Å²) >= 11 is 0. The first-order valence-electron chi connectivity index (χ1n) is 10.0. The monoisotopic (exact) mass is 414 g/mol. The molecule has 0 radical (unpaired) electrons. The fraction of sp³-hybridized carbons (Fsp3) is 0.762. The van der Waals surface area contributed by atoms with Gasteiger partial charge in [-0.25, -0.2) is 0 Å². The Balaban J connectivity index is 4.90. The predicted molar refractivity (Wildman–Crippen MR) is 105 cm³/mol. The van der Waals surface area contributed by atoms with E-state index in [2.05, 4.69) is 4.74 Å². The Labute approximate surface area is 172 Å². The number of aliphatic hydroxyl groups is 1. The number of hydrogen-bond acceptors (Lipinski definition) is 8. The molecule has 0 amide bonds. The van der Waals surface area contributed by atoms with E-state index in [0.717, 1.165) is 6.42 Å². The molecule has 8 nitrogen and oxygen atoms in total. The van der Waals surface area contributed by atoms with Crippen LogP contribution >= 0.6 is 0 Å². The average molecular weight is 414 g/mol. The molecule has 0 bridgehead atoms. The summed E-state index contributed by atoms with van der Waals surface area (Å²) < 4.78 is 9.59. The molecule has 0 saturated carbocycles. The molecule has 0 aliphatic rings. The van der Waals surface area contributed by atoms with Crippen molar-refractivity contribution in [2.75, 3.05) is 13.2 Å². The second-order valence-corrected chi connectivity index (χ2v) is 7.60. The zero-order chi connectivity index (χ0) is 22.6. The maximum atomic E-state index is 12.5. The summed E-state index contributed by atoms with van der Waals surface area (Å²) in [7, 11) is 0. The SMILES string of the molecule is CCC[C@@H](C)C(=O)C(C)C(CC=O)C(O)COC(=O)C(C)C(=O)[C@H](C)COC=O. The zero-order valence-electron chi connectivity index (χ0n) is 18.0. The molecule has 0 aromatic carbocycles. The van der Waals surface area contributed by atoms with Crippen molar-refractivity contribution in [1.82, 2.24) is 0 Å². The highest BCUT2D eigenvalue weighted by atomic mass is 16.5. The smallest absolute Gasteiger partial charge is 0.316 e. The van der Waals surface area contributed by atoms with Crippen molar-refractivity contribution in [2.45, 2.75) is 60.0 Å². The number of aldehydes is 1. The summed E-state index contributed by atoms with van der Waals surface area (Å²) in [4.78, 5) is 58.1. The molecule has 0 aliphatic carbocycles. The van der Waals surface area contributed by atoms with Crippen LogP contribution in [0.4, 0.5) is 0 Å². The van der Waals surface area contributed by atoms with Crippen molar-refractivity contribution < 1.29 is 38.6 Å². The molecular weight excluding hydrogens is 380 g/mol. The van der Waals surface area contributed by atoms with E-state index in [1.54, 1.807) is 6.92 Å². The van der Waals surface area contributed by atoms with Gasteiger partial charge in [0.05, 0.1) is 6.10 Å². The first-order chi connectivity index (χ1) is 13.6. The number of ether oxygens (including phenoxy) is 2. The van der Waals surface area contributed by atoms with E-state index >= 15 is 0 Å². The Hall–Kier alpha value is -2.09. The van der Waals surface area contributed by atoms with Crippen molar-refractivity contribution in [3.8, 4) is 0 Å². The van der Waals surface area contributed by atoms with E-state index in [1.165, 1.54) is 13.8 Å². The van der Waals surface area contributed by atoms with Gasteiger partial charge in [-0.1, -0.05) is 34.1 Å². The Morgan fingerprint density at radius 3 is 2.10 bits per heavy atom. The minimum Gasteiger partial charge on any atom is -0.467 e. The summed E-state index contributed by atoms with van der Waals surface area (Å²) in [5.74, 6) is -4.53. The Bertz CT molecular complexity index is 559. The van der Waals surface area contributed by atoms with Gasteiger partial charge in [-0.05, 0) is 13.3 Å². The molecule has 4 unspecified atom stereocenters. The van der Waals surface area contributed by atoms with Crippen molar-refractivity contribution in [3.63, 3.8) is 0 Å². The Morgan fingerprint density at radius 2 is 1.59 bits per heavy atom. The van der Waals surface area contributed by atoms with Gasteiger partial charge in [0.15, 0.2) is 5.78 Å². The normalized spacial score (nSPS) is 17.2. The Kier molecular flexibility index (Phi) is 13.0. The minimum atomic E-state index is -1.21. The van der Waals surface area contributed by atoms with E-state index in [0.29, 0.717) is 12.7 Å². The van der Waals surface area contributed by atoms with Crippen LogP contribution in [0.1, 0.15) is 53.9 Å². The Morgan fingerprint density at radius 1 is 0.966 bits per heavy atom. The predicted octanol–water partition coefficient (Wildman–Crippen LogP) is 1.75. The number of ketones is 2. The number of aliphatic hydroxyl groups excluding tert-OH is 1. The van der Waals surface area contributed by atoms with Crippen LogP contribution in [0.5, 0.6) is 0 Å². The zero-order valence-corrected chi connectivity index (χ0v) is 18.0. The molecule has 0 fully saturated rings. The third kappa shape index (κ3) is 8.85. The highest BCUT2D eigenvalue weighted by Crippen LogP contribution is 2.25. The number of Topliss-reactive ketones (excluding diaryl/α,β-unsaturated/α-hetero) is 2. The molecule has 0 aliphatic heterocycles. The molecule has 6 atom stereocenters. The second-order valence-electron chi connectivity index (χ2n) is 7.60. The van der Waals surface area contributed by atoms with Gasteiger partial charge in [0.25, 0.3) is 6.47 Å². The van der Waals surface area contributed by atoms with Gasteiger partial charge in [0.1, 0.15) is 31.2 Å². The van der Waals surface area contributed by atoms with Crippen LogP contribution < -0.4 is 0 Å². The van der Waals surface area contributed by atoms with Gasteiger partial charge in [-0.3, -0.25) is 19.2 Å². The van der Waals surface area contributed by atoms with Crippen LogP contribution in [-0.4, -0.2) is 54.7 Å². The van der Waals surface area contributed by atoms with E-state index in [-0.39, 0.29) is 31.2 Å². The second kappa shape index (κ2) is 14.0. The van der Waals surface area contributed by atoms with Crippen molar-refractivity contribution >= 4 is 30.3 Å². The number of esters is 1. The van der Waals surface area contributed by atoms with Crippen LogP contribution in [0, 0.1) is 29.6 Å². The molecule has 0 aromatic heterocycles. The third-order valence-corrected chi connectivity index (χ3v) is 5.24. The summed E-state index contributed by atoms with van der Waals surface area (Å²) in [5.41, 5.74) is 0. The van der Waals surface area contributed by atoms with Crippen molar-refractivity contribution in [1.29, 1.82) is 0 Å². The quantitative estimate of drug-likeness (QED) is 0.230. The van der Waals surface area contributed by atoms with Gasteiger partial charge in [0, 0.05) is 30.1 Å². The lowest BCUT2D eigenvalue weighted by Crippen LogP contribution is -2.38. The fourth-order valence-electron chi connectivity index (χ4n) is 3.27. The molecule has 8 heteroatoms. The van der Waals surface area contributed by atoms with Gasteiger partial charge in [-0.2, -0.15) is 0 Å². The number of carbonyl (C=O) groups is 5. The lowest BCUT2D eigenvalue weighted by molar-refractivity contribution is -0.156. The standard InChI is InChI=1S/C21H34O8/c1-6-7-13(2)19(25)15(4)17(8-9-22)18(24)11-29-21(27)16(5)20(26)14(3)10-28-12-23/h9,12-18,24H,6-8,10-11H2,1-5H3/t13-,14-,15?,16?,17?,18?/m1/s1. The summed E-state index contributed by atoms with van der Waals surface area (Å²) in [6, 6.07) is 0. The molecule has 0 aromatic rings. The molecule has 0 saturated heterocycles. The average Bonchev–Trinajstić information content (AvgIpc) is 2.71. The lowest BCUT2D eigenvalue weighted by Gasteiger charge is -2.28. The van der Waals surface area contributed by atoms with Crippen LogP contribution in [0.2, 0.25) is 0 Å². The fourth-order valence-corrected chi connectivity index (χ4v) is 3.27. The van der Waals surface area contributed by atoms with Crippen LogP contribution in [0.15, 0.2) is 0 Å². The van der Waals surface area contributed by atoms with E-state index < -0.39 is 48.1 Å². The van der Waals surface area contributed by atoms with Gasteiger partial charge >= 0.3 is 5.97 Å². The van der Waals surface area contributed by atoms with E-state index in [4.69, 9.17) is 4.74 Å². The lowest BCUT2D eigenvalue weighted by atomic mass is 9.79. The molecule has 0 spiro atoms. The topological polar surface area (TPSA) is 124 Å².